The maximum absolute atomic E-state index is 11.9. The maximum atomic E-state index is 11.9. The van der Waals surface area contributed by atoms with Crippen LogP contribution in [0.4, 0.5) is 5.82 Å². The second-order valence-corrected chi connectivity index (χ2v) is 10.3. The SMILES string of the molecule is Nc1nc(=O)n([C@H]2C[C@H](O)[C@@H](COP(=O)(O)OP(=O)(O)OP(=O)(O)O)O2)cc1C(=O)O. The third-order valence-corrected chi connectivity index (χ3v) is 7.35. The minimum absolute atomic E-state index is 0.324. The van der Waals surface area contributed by atoms with Crippen molar-refractivity contribution < 1.29 is 66.2 Å². The van der Waals surface area contributed by atoms with Crippen LogP contribution < -0.4 is 11.4 Å². The Kier molecular flexibility index (Phi) is 7.60. The Bertz CT molecular complexity index is 1050. The lowest BCUT2D eigenvalue weighted by Crippen LogP contribution is -2.30. The molecular weight excluding hydrogens is 495 g/mol. The van der Waals surface area contributed by atoms with E-state index < -0.39 is 71.6 Å². The molecular formula is C10H16N3O15P3. The van der Waals surface area contributed by atoms with Gasteiger partial charge in [0.1, 0.15) is 23.7 Å². The van der Waals surface area contributed by atoms with E-state index in [1.165, 1.54) is 0 Å². The molecule has 1 aliphatic rings. The number of aromatic nitrogens is 2. The Balaban J connectivity index is 2.07. The molecule has 0 amide bonds. The molecule has 2 rings (SSSR count). The average Bonchev–Trinajstić information content (AvgIpc) is 2.90. The Hall–Kier alpha value is -1.52. The minimum atomic E-state index is -5.72. The number of carboxylic acid groups (broad SMARTS) is 1. The Morgan fingerprint density at radius 2 is 1.84 bits per heavy atom. The van der Waals surface area contributed by atoms with Crippen molar-refractivity contribution in [3.8, 4) is 0 Å². The zero-order valence-electron chi connectivity index (χ0n) is 14.9. The second-order valence-electron chi connectivity index (χ2n) is 5.85. The number of carbonyl (C=O) groups is 1. The Labute approximate surface area is 171 Å². The molecule has 21 heteroatoms. The smallest absolute Gasteiger partial charge is 0.478 e. The standard InChI is InChI=1S/C10H16N3O15P3/c11-8-4(9(15)16)2-13(10(17)12-8)7-1-5(14)6(26-7)3-25-30(21,22)28-31(23,24)27-29(18,19)20/h2,5-7,14H,1,3H2,(H,15,16)(H,21,22)(H,23,24)(H2,11,12,17)(H2,18,19,20)/t5-,6+,7+/m0/s1. The lowest BCUT2D eigenvalue weighted by atomic mass is 10.2. The van der Waals surface area contributed by atoms with Gasteiger partial charge in [0.05, 0.1) is 12.7 Å². The van der Waals surface area contributed by atoms with Crippen LogP contribution in [-0.2, 0) is 31.6 Å². The number of aliphatic hydroxyl groups is 1. The van der Waals surface area contributed by atoms with Gasteiger partial charge in [-0.05, 0) is 0 Å². The van der Waals surface area contributed by atoms with Crippen molar-refractivity contribution in [2.75, 3.05) is 12.3 Å². The van der Waals surface area contributed by atoms with Crippen molar-refractivity contribution in [2.24, 2.45) is 0 Å². The van der Waals surface area contributed by atoms with Gasteiger partial charge in [-0.25, -0.2) is 23.3 Å². The minimum Gasteiger partial charge on any atom is -0.478 e. The van der Waals surface area contributed by atoms with E-state index in [1.807, 2.05) is 0 Å². The van der Waals surface area contributed by atoms with Gasteiger partial charge in [-0.3, -0.25) is 9.09 Å². The molecule has 1 aromatic heterocycles. The highest BCUT2D eigenvalue weighted by molar-refractivity contribution is 7.66. The third kappa shape index (κ3) is 7.25. The fourth-order valence-electron chi connectivity index (χ4n) is 2.36. The summed E-state index contributed by atoms with van der Waals surface area (Å²) in [4.78, 5) is 61.8. The van der Waals surface area contributed by atoms with Gasteiger partial charge in [0, 0.05) is 12.6 Å². The van der Waals surface area contributed by atoms with Gasteiger partial charge in [0.25, 0.3) is 0 Å². The molecule has 0 bridgehead atoms. The molecule has 31 heavy (non-hydrogen) atoms. The first-order chi connectivity index (χ1) is 14.0. The number of rotatable bonds is 9. The largest absolute Gasteiger partial charge is 0.490 e. The Morgan fingerprint density at radius 1 is 1.23 bits per heavy atom. The molecule has 0 spiro atoms. The van der Waals surface area contributed by atoms with Crippen LogP contribution in [0.1, 0.15) is 23.0 Å². The summed E-state index contributed by atoms with van der Waals surface area (Å²) in [5.74, 6) is -2.06. The molecule has 176 valence electrons. The highest BCUT2D eigenvalue weighted by Crippen LogP contribution is 2.66. The van der Waals surface area contributed by atoms with Crippen LogP contribution in [0.5, 0.6) is 0 Å². The van der Waals surface area contributed by atoms with Crippen LogP contribution in [0.2, 0.25) is 0 Å². The number of nitrogen functional groups attached to an aromatic ring is 1. The topological polar surface area (TPSA) is 287 Å². The first kappa shape index (κ1) is 25.7. The highest BCUT2D eigenvalue weighted by atomic mass is 31.3. The zero-order valence-corrected chi connectivity index (χ0v) is 17.6. The van der Waals surface area contributed by atoms with E-state index in [-0.39, 0.29) is 6.42 Å². The predicted octanol–water partition coefficient (Wildman–Crippen LogP) is -1.48. The number of aromatic carboxylic acids is 1. The number of carboxylic acids is 1. The number of ether oxygens (including phenoxy) is 1. The van der Waals surface area contributed by atoms with Crippen molar-refractivity contribution in [1.29, 1.82) is 0 Å². The number of phosphoric ester groups is 1. The molecule has 8 N–H and O–H groups in total. The lowest BCUT2D eigenvalue weighted by Gasteiger charge is -2.19. The van der Waals surface area contributed by atoms with E-state index in [2.05, 4.69) is 18.1 Å². The maximum Gasteiger partial charge on any atom is 0.490 e. The van der Waals surface area contributed by atoms with Crippen molar-refractivity contribution in [3.63, 3.8) is 0 Å². The van der Waals surface area contributed by atoms with Gasteiger partial charge in [0.15, 0.2) is 0 Å². The van der Waals surface area contributed by atoms with E-state index >= 15 is 0 Å². The van der Waals surface area contributed by atoms with Crippen LogP contribution in [0.25, 0.3) is 0 Å². The van der Waals surface area contributed by atoms with Gasteiger partial charge in [-0.1, -0.05) is 0 Å². The van der Waals surface area contributed by atoms with Crippen molar-refractivity contribution in [2.45, 2.75) is 24.9 Å². The molecule has 0 aliphatic carbocycles. The molecule has 2 unspecified atom stereocenters. The molecule has 2 heterocycles. The predicted molar refractivity (Wildman–Crippen MR) is 94.2 cm³/mol. The molecule has 5 atom stereocenters. The normalized spacial score (nSPS) is 25.6. The summed E-state index contributed by atoms with van der Waals surface area (Å²) in [6.07, 6.45) is -3.66. The van der Waals surface area contributed by atoms with Gasteiger partial charge in [-0.2, -0.15) is 13.6 Å². The summed E-state index contributed by atoms with van der Waals surface area (Å²) in [5, 5.41) is 19.0. The monoisotopic (exact) mass is 511 g/mol. The van der Waals surface area contributed by atoms with Crippen molar-refractivity contribution in [1.82, 2.24) is 9.55 Å². The number of hydrogen-bond acceptors (Lipinski definition) is 12. The molecule has 18 nitrogen and oxygen atoms in total. The molecule has 1 aromatic rings. The van der Waals surface area contributed by atoms with E-state index in [0.717, 1.165) is 6.20 Å². The third-order valence-electron chi connectivity index (χ3n) is 3.54. The Morgan fingerprint density at radius 3 is 2.39 bits per heavy atom. The first-order valence-corrected chi connectivity index (χ1v) is 12.3. The number of hydrogen-bond donors (Lipinski definition) is 7. The molecule has 0 radical (unpaired) electrons. The molecule has 1 fully saturated rings. The number of nitrogens with zero attached hydrogens (tertiary/aromatic N) is 2. The van der Waals surface area contributed by atoms with E-state index in [0.29, 0.717) is 4.57 Å². The number of aliphatic hydroxyl groups excluding tert-OH is 1. The van der Waals surface area contributed by atoms with Crippen LogP contribution in [0, 0.1) is 0 Å². The summed E-state index contributed by atoms with van der Waals surface area (Å²) in [5.41, 5.74) is 3.79. The van der Waals surface area contributed by atoms with E-state index in [1.54, 1.807) is 0 Å². The fourth-order valence-corrected chi connectivity index (χ4v) is 5.39. The molecule has 1 saturated heterocycles. The number of phosphoric acid groups is 3. The van der Waals surface area contributed by atoms with Gasteiger partial charge in [0.2, 0.25) is 0 Å². The molecule has 0 saturated carbocycles. The van der Waals surface area contributed by atoms with Crippen LogP contribution >= 0.6 is 23.5 Å². The van der Waals surface area contributed by atoms with Crippen LogP contribution in [-0.4, -0.2) is 64.1 Å². The molecule has 0 aromatic carbocycles. The fraction of sp³-hybridized carbons (Fsp3) is 0.500. The quantitative estimate of drug-likeness (QED) is 0.186. The molecule has 1 aliphatic heterocycles. The van der Waals surface area contributed by atoms with Gasteiger partial charge in [-0.15, -0.1) is 0 Å². The number of nitrogens with two attached hydrogens (primary N) is 1. The highest BCUT2D eigenvalue weighted by Gasteiger charge is 2.43. The van der Waals surface area contributed by atoms with Crippen molar-refractivity contribution in [3.05, 3.63) is 22.2 Å². The summed E-state index contributed by atoms with van der Waals surface area (Å²) in [6.45, 7) is -0.968. The van der Waals surface area contributed by atoms with Crippen LogP contribution in [0.15, 0.2) is 11.0 Å². The zero-order chi connectivity index (χ0) is 23.8. The van der Waals surface area contributed by atoms with Crippen molar-refractivity contribution >= 4 is 35.3 Å². The summed E-state index contributed by atoms with van der Waals surface area (Å²) in [6, 6.07) is 0. The van der Waals surface area contributed by atoms with Gasteiger partial charge >= 0.3 is 35.1 Å². The lowest BCUT2D eigenvalue weighted by molar-refractivity contribution is -0.0450. The summed E-state index contributed by atoms with van der Waals surface area (Å²) in [7, 11) is -16.7. The summed E-state index contributed by atoms with van der Waals surface area (Å²) < 4.78 is 50.9. The second kappa shape index (κ2) is 9.15. The van der Waals surface area contributed by atoms with Gasteiger partial charge < -0.3 is 40.3 Å². The average molecular weight is 511 g/mol. The number of anilines is 1. The van der Waals surface area contributed by atoms with E-state index in [9.17, 15) is 33.3 Å². The van der Waals surface area contributed by atoms with E-state index in [4.69, 9.17) is 30.3 Å². The first-order valence-electron chi connectivity index (χ1n) is 7.73. The summed E-state index contributed by atoms with van der Waals surface area (Å²) >= 11 is 0. The van der Waals surface area contributed by atoms with Crippen LogP contribution in [0.3, 0.4) is 0 Å².